The molecule has 0 unspecified atom stereocenters. The third kappa shape index (κ3) is 6.27. The summed E-state index contributed by atoms with van der Waals surface area (Å²) in [5.41, 5.74) is 0.662. The second-order valence-electron chi connectivity index (χ2n) is 6.39. The van der Waals surface area contributed by atoms with Crippen molar-refractivity contribution in [2.45, 2.75) is 32.6 Å². The first-order chi connectivity index (χ1) is 13.5. The summed E-state index contributed by atoms with van der Waals surface area (Å²) in [6.07, 6.45) is 5.16. The van der Waals surface area contributed by atoms with Crippen LogP contribution in [0.25, 0.3) is 11.0 Å². The predicted molar refractivity (Wildman–Crippen MR) is 102 cm³/mol. The summed E-state index contributed by atoms with van der Waals surface area (Å²) in [6.45, 7) is 1.87. The van der Waals surface area contributed by atoms with Gasteiger partial charge < -0.3 is 10.6 Å². The number of aromatic nitrogens is 2. The first-order valence-corrected chi connectivity index (χ1v) is 9.23. The van der Waals surface area contributed by atoms with Crippen LogP contribution in [0.5, 0.6) is 0 Å². The number of carbonyl (C=O) groups excluding carboxylic acids is 3. The largest absolute Gasteiger partial charge is 0.338 e. The molecular formula is C19H25N5O4. The number of hydrogen-bond donors (Lipinski definition) is 3. The number of hydroxylamine groups is 2. The molecule has 9 nitrogen and oxygen atoms in total. The third-order valence-electron chi connectivity index (χ3n) is 4.26. The minimum absolute atomic E-state index is 0.0869. The Kier molecular flexibility index (Phi) is 8.29. The fourth-order valence-corrected chi connectivity index (χ4v) is 2.74. The standard InChI is InChI=1S/C19H25N5O4/c1-2-3-4-6-15(11-24(28)13-25)18(26)21-12-22-19(27)16-9-8-14-7-5-10-20-17(14)23-16/h5,7-10,13,15,28H,2-4,6,11-12H2,1H3,(H,21,26)(H,22,27)/t15-/m1/s1. The molecule has 0 radical (unpaired) electrons. The van der Waals surface area contributed by atoms with E-state index in [1.165, 1.54) is 0 Å². The highest BCUT2D eigenvalue weighted by Crippen LogP contribution is 2.11. The zero-order valence-corrected chi connectivity index (χ0v) is 15.8. The Bertz CT molecular complexity index is 814. The molecule has 150 valence electrons. The number of fused-ring (bicyclic) bond motifs is 1. The lowest BCUT2D eigenvalue weighted by Crippen LogP contribution is -2.43. The zero-order valence-electron chi connectivity index (χ0n) is 15.8. The number of unbranched alkanes of at least 4 members (excludes halogenated alkanes) is 2. The van der Waals surface area contributed by atoms with Crippen LogP contribution in [0.1, 0.15) is 43.1 Å². The molecule has 0 fully saturated rings. The van der Waals surface area contributed by atoms with Crippen LogP contribution in [0, 0.1) is 5.92 Å². The van der Waals surface area contributed by atoms with Crippen molar-refractivity contribution in [2.24, 2.45) is 5.92 Å². The van der Waals surface area contributed by atoms with E-state index in [1.54, 1.807) is 24.4 Å². The third-order valence-corrected chi connectivity index (χ3v) is 4.26. The number of amides is 3. The van der Waals surface area contributed by atoms with E-state index in [4.69, 9.17) is 0 Å². The maximum Gasteiger partial charge on any atom is 0.271 e. The van der Waals surface area contributed by atoms with E-state index >= 15 is 0 Å². The van der Waals surface area contributed by atoms with Gasteiger partial charge in [-0.3, -0.25) is 19.6 Å². The number of nitrogens with one attached hydrogen (secondary N) is 2. The Balaban J connectivity index is 1.88. The molecule has 0 aliphatic heterocycles. The smallest absolute Gasteiger partial charge is 0.271 e. The molecular weight excluding hydrogens is 362 g/mol. The molecule has 3 N–H and O–H groups in total. The van der Waals surface area contributed by atoms with Gasteiger partial charge in [0.15, 0.2) is 5.65 Å². The molecule has 0 aliphatic carbocycles. The van der Waals surface area contributed by atoms with Gasteiger partial charge >= 0.3 is 0 Å². The summed E-state index contributed by atoms with van der Waals surface area (Å²) < 4.78 is 0. The van der Waals surface area contributed by atoms with Crippen LogP contribution >= 0.6 is 0 Å². The lowest BCUT2D eigenvalue weighted by molar-refractivity contribution is -0.154. The van der Waals surface area contributed by atoms with Crippen LogP contribution in [0.4, 0.5) is 0 Å². The first kappa shape index (κ1) is 21.2. The highest BCUT2D eigenvalue weighted by Gasteiger charge is 2.20. The molecule has 0 saturated carbocycles. The van der Waals surface area contributed by atoms with Gasteiger partial charge in [-0.25, -0.2) is 15.0 Å². The van der Waals surface area contributed by atoms with Crippen LogP contribution in [-0.2, 0) is 9.59 Å². The second kappa shape index (κ2) is 10.9. The highest BCUT2D eigenvalue weighted by molar-refractivity contribution is 5.94. The number of nitrogens with zero attached hydrogens (tertiary/aromatic N) is 3. The van der Waals surface area contributed by atoms with Crippen LogP contribution in [0.3, 0.4) is 0 Å². The van der Waals surface area contributed by atoms with Gasteiger partial charge in [0.1, 0.15) is 5.69 Å². The summed E-state index contributed by atoms with van der Waals surface area (Å²) in [4.78, 5) is 43.5. The molecule has 0 aliphatic rings. The SMILES string of the molecule is CCCCC[C@H](CN(O)C=O)C(=O)NCNC(=O)c1ccc2cccnc2n1. The molecule has 2 aromatic rings. The Morgan fingerprint density at radius 1 is 1.25 bits per heavy atom. The van der Waals surface area contributed by atoms with E-state index < -0.39 is 11.8 Å². The zero-order chi connectivity index (χ0) is 20.4. The van der Waals surface area contributed by atoms with E-state index in [9.17, 15) is 19.6 Å². The van der Waals surface area contributed by atoms with E-state index in [0.29, 0.717) is 17.1 Å². The van der Waals surface area contributed by atoms with E-state index in [2.05, 4.69) is 20.6 Å². The molecule has 0 spiro atoms. The fourth-order valence-electron chi connectivity index (χ4n) is 2.74. The average molecular weight is 387 g/mol. The monoisotopic (exact) mass is 387 g/mol. The van der Waals surface area contributed by atoms with Crippen molar-refractivity contribution in [3.63, 3.8) is 0 Å². The Morgan fingerprint density at radius 2 is 2.07 bits per heavy atom. The molecule has 3 amide bonds. The topological polar surface area (TPSA) is 125 Å². The number of pyridine rings is 2. The molecule has 2 rings (SSSR count). The van der Waals surface area contributed by atoms with Gasteiger partial charge in [-0.05, 0) is 30.7 Å². The Labute approximate surface area is 163 Å². The van der Waals surface area contributed by atoms with Gasteiger partial charge in [-0.15, -0.1) is 0 Å². The lowest BCUT2D eigenvalue weighted by Gasteiger charge is -2.19. The van der Waals surface area contributed by atoms with Crippen molar-refractivity contribution in [1.82, 2.24) is 25.7 Å². The summed E-state index contributed by atoms with van der Waals surface area (Å²) in [5.74, 6) is -1.33. The molecule has 2 aromatic heterocycles. The van der Waals surface area contributed by atoms with Crippen LogP contribution in [0.15, 0.2) is 30.5 Å². The van der Waals surface area contributed by atoms with E-state index in [1.807, 2.05) is 13.0 Å². The van der Waals surface area contributed by atoms with Crippen molar-refractivity contribution in [1.29, 1.82) is 0 Å². The fraction of sp³-hybridized carbons (Fsp3) is 0.421. The summed E-state index contributed by atoms with van der Waals surface area (Å²) in [5, 5.41) is 15.9. The van der Waals surface area contributed by atoms with Crippen molar-refractivity contribution in [3.8, 4) is 0 Å². The van der Waals surface area contributed by atoms with Crippen molar-refractivity contribution >= 4 is 29.3 Å². The Hall–Kier alpha value is -3.07. The van der Waals surface area contributed by atoms with E-state index in [0.717, 1.165) is 24.6 Å². The number of hydrogen-bond acceptors (Lipinski definition) is 6. The minimum atomic E-state index is -0.554. The van der Waals surface area contributed by atoms with Gasteiger partial charge in [0, 0.05) is 11.6 Å². The number of rotatable bonds is 11. The van der Waals surface area contributed by atoms with Crippen LogP contribution < -0.4 is 10.6 Å². The summed E-state index contributed by atoms with van der Waals surface area (Å²) in [6, 6.07) is 6.97. The van der Waals surface area contributed by atoms with Crippen molar-refractivity contribution in [2.75, 3.05) is 13.2 Å². The second-order valence-corrected chi connectivity index (χ2v) is 6.39. The highest BCUT2D eigenvalue weighted by atomic mass is 16.5. The first-order valence-electron chi connectivity index (χ1n) is 9.23. The lowest BCUT2D eigenvalue weighted by atomic mass is 10.0. The summed E-state index contributed by atoms with van der Waals surface area (Å²) >= 11 is 0. The maximum absolute atomic E-state index is 12.3. The van der Waals surface area contributed by atoms with Crippen LogP contribution in [-0.4, -0.2) is 51.7 Å². The predicted octanol–water partition coefficient (Wildman–Crippen LogP) is 1.48. The Morgan fingerprint density at radius 3 is 2.82 bits per heavy atom. The summed E-state index contributed by atoms with van der Waals surface area (Å²) in [7, 11) is 0. The number of carbonyl (C=O) groups is 3. The molecule has 9 heteroatoms. The quantitative estimate of drug-likeness (QED) is 0.176. The average Bonchev–Trinajstić information content (AvgIpc) is 2.72. The normalized spacial score (nSPS) is 11.6. The maximum atomic E-state index is 12.3. The van der Waals surface area contributed by atoms with Gasteiger partial charge in [-0.2, -0.15) is 0 Å². The molecule has 0 bridgehead atoms. The van der Waals surface area contributed by atoms with Gasteiger partial charge in [0.2, 0.25) is 12.3 Å². The van der Waals surface area contributed by atoms with Crippen molar-refractivity contribution in [3.05, 3.63) is 36.2 Å². The van der Waals surface area contributed by atoms with Crippen LogP contribution in [0.2, 0.25) is 0 Å². The van der Waals surface area contributed by atoms with Gasteiger partial charge in [-0.1, -0.05) is 26.2 Å². The minimum Gasteiger partial charge on any atom is -0.338 e. The molecule has 0 saturated heterocycles. The molecule has 1 atom stereocenters. The molecule has 0 aromatic carbocycles. The van der Waals surface area contributed by atoms with Gasteiger partial charge in [0.05, 0.1) is 19.1 Å². The van der Waals surface area contributed by atoms with E-state index in [-0.39, 0.29) is 31.2 Å². The molecule has 2 heterocycles. The molecule has 28 heavy (non-hydrogen) atoms. The van der Waals surface area contributed by atoms with Crippen molar-refractivity contribution < 1.29 is 19.6 Å². The van der Waals surface area contributed by atoms with Gasteiger partial charge in [0.25, 0.3) is 5.91 Å².